The van der Waals surface area contributed by atoms with Crippen molar-refractivity contribution in [2.24, 2.45) is 0 Å². The molecule has 26 heavy (non-hydrogen) atoms. The Balaban J connectivity index is 1.34. The lowest BCUT2D eigenvalue weighted by Crippen LogP contribution is -2.50. The highest BCUT2D eigenvalue weighted by molar-refractivity contribution is 5.89. The lowest BCUT2D eigenvalue weighted by molar-refractivity contribution is 0.208. The van der Waals surface area contributed by atoms with Crippen LogP contribution in [0.25, 0.3) is 11.3 Å². The number of nitrogens with one attached hydrogen (secondary N) is 1. The average Bonchev–Trinajstić information content (AvgIpc) is 3.18. The molecule has 0 spiro atoms. The van der Waals surface area contributed by atoms with Crippen LogP contribution < -0.4 is 10.2 Å². The van der Waals surface area contributed by atoms with E-state index in [0.29, 0.717) is 24.7 Å². The predicted molar refractivity (Wildman–Crippen MR) is 99.0 cm³/mol. The summed E-state index contributed by atoms with van der Waals surface area (Å²) in [7, 11) is 0. The lowest BCUT2D eigenvalue weighted by atomic mass is 10.2. The maximum atomic E-state index is 12.5. The summed E-state index contributed by atoms with van der Waals surface area (Å²) in [6.07, 6.45) is 1.78. The molecule has 7 heteroatoms. The number of aromatic nitrogens is 2. The largest absolute Gasteiger partial charge is 0.354 e. The molecule has 1 aliphatic rings. The molecule has 0 atom stereocenters. The number of hydrogen-bond acceptors (Lipinski definition) is 5. The summed E-state index contributed by atoms with van der Waals surface area (Å²) in [5, 5.41) is 6.74. The van der Waals surface area contributed by atoms with Crippen LogP contribution >= 0.6 is 0 Å². The SMILES string of the molecule is O=C(Nc1cc(-c2ccccc2)on1)N1CCN(c2ccccn2)CC1. The van der Waals surface area contributed by atoms with E-state index in [1.165, 1.54) is 0 Å². The molecule has 3 heterocycles. The second-order valence-electron chi connectivity index (χ2n) is 6.03. The van der Waals surface area contributed by atoms with E-state index in [4.69, 9.17) is 4.52 Å². The van der Waals surface area contributed by atoms with Gasteiger partial charge in [0, 0.05) is 44.0 Å². The van der Waals surface area contributed by atoms with Crippen molar-refractivity contribution in [3.8, 4) is 11.3 Å². The first-order valence-electron chi connectivity index (χ1n) is 8.54. The Labute approximate surface area is 151 Å². The van der Waals surface area contributed by atoms with Crippen molar-refractivity contribution in [2.75, 3.05) is 36.4 Å². The molecule has 132 valence electrons. The fourth-order valence-corrected chi connectivity index (χ4v) is 2.94. The number of anilines is 2. The maximum absolute atomic E-state index is 12.5. The van der Waals surface area contributed by atoms with E-state index in [1.807, 2.05) is 48.5 Å². The zero-order valence-electron chi connectivity index (χ0n) is 14.2. The molecule has 2 aromatic heterocycles. The predicted octanol–water partition coefficient (Wildman–Crippen LogP) is 3.09. The summed E-state index contributed by atoms with van der Waals surface area (Å²) >= 11 is 0. The van der Waals surface area contributed by atoms with Crippen molar-refractivity contribution in [1.29, 1.82) is 0 Å². The third-order valence-corrected chi connectivity index (χ3v) is 4.34. The van der Waals surface area contributed by atoms with Gasteiger partial charge in [0.25, 0.3) is 0 Å². The number of benzene rings is 1. The van der Waals surface area contributed by atoms with Crippen LogP contribution in [0, 0.1) is 0 Å². The fourth-order valence-electron chi connectivity index (χ4n) is 2.94. The number of rotatable bonds is 3. The van der Waals surface area contributed by atoms with Crippen LogP contribution in [0.3, 0.4) is 0 Å². The molecule has 1 aromatic carbocycles. The Morgan fingerprint density at radius 2 is 1.77 bits per heavy atom. The number of piperazine rings is 1. The Bertz CT molecular complexity index is 858. The molecule has 7 nitrogen and oxygen atoms in total. The van der Waals surface area contributed by atoms with Crippen LogP contribution in [0.1, 0.15) is 0 Å². The van der Waals surface area contributed by atoms with Gasteiger partial charge in [-0.3, -0.25) is 5.32 Å². The van der Waals surface area contributed by atoms with Gasteiger partial charge in [0.1, 0.15) is 5.82 Å². The average molecular weight is 349 g/mol. The van der Waals surface area contributed by atoms with Crippen LogP contribution in [-0.4, -0.2) is 47.3 Å². The van der Waals surface area contributed by atoms with Crippen LogP contribution in [0.2, 0.25) is 0 Å². The molecule has 0 bridgehead atoms. The first-order chi connectivity index (χ1) is 12.8. The molecular formula is C19H19N5O2. The molecule has 0 saturated carbocycles. The number of urea groups is 1. The van der Waals surface area contributed by atoms with Crippen molar-refractivity contribution >= 4 is 17.7 Å². The Morgan fingerprint density at radius 3 is 2.50 bits per heavy atom. The van der Waals surface area contributed by atoms with Gasteiger partial charge >= 0.3 is 6.03 Å². The topological polar surface area (TPSA) is 74.5 Å². The van der Waals surface area contributed by atoms with E-state index in [-0.39, 0.29) is 6.03 Å². The molecule has 0 aliphatic carbocycles. The Morgan fingerprint density at radius 1 is 1.00 bits per heavy atom. The number of nitrogens with zero attached hydrogens (tertiary/aromatic N) is 4. The first-order valence-corrected chi connectivity index (χ1v) is 8.54. The molecule has 4 rings (SSSR count). The minimum absolute atomic E-state index is 0.168. The second kappa shape index (κ2) is 7.26. The smallest absolute Gasteiger partial charge is 0.323 e. The van der Waals surface area contributed by atoms with Gasteiger partial charge in [-0.05, 0) is 12.1 Å². The van der Waals surface area contributed by atoms with Gasteiger partial charge in [-0.25, -0.2) is 9.78 Å². The third kappa shape index (κ3) is 3.51. The van der Waals surface area contributed by atoms with Crippen LogP contribution in [0.4, 0.5) is 16.4 Å². The number of carbonyl (C=O) groups is 1. The van der Waals surface area contributed by atoms with Crippen molar-refractivity contribution in [3.05, 3.63) is 60.8 Å². The summed E-state index contributed by atoms with van der Waals surface area (Å²) in [6.45, 7) is 2.76. The monoisotopic (exact) mass is 349 g/mol. The summed E-state index contributed by atoms with van der Waals surface area (Å²) in [6, 6.07) is 17.1. The normalized spacial score (nSPS) is 14.3. The molecule has 1 fully saturated rings. The van der Waals surface area contributed by atoms with E-state index in [0.717, 1.165) is 24.5 Å². The highest BCUT2D eigenvalue weighted by Gasteiger charge is 2.22. The summed E-state index contributed by atoms with van der Waals surface area (Å²) in [5.74, 6) is 1.98. The molecule has 3 aromatic rings. The number of amides is 2. The minimum Gasteiger partial charge on any atom is -0.354 e. The quantitative estimate of drug-likeness (QED) is 0.786. The molecule has 0 radical (unpaired) electrons. The lowest BCUT2D eigenvalue weighted by Gasteiger charge is -2.35. The highest BCUT2D eigenvalue weighted by Crippen LogP contribution is 2.22. The zero-order chi connectivity index (χ0) is 17.8. The van der Waals surface area contributed by atoms with Crippen molar-refractivity contribution in [3.63, 3.8) is 0 Å². The molecule has 1 N–H and O–H groups in total. The van der Waals surface area contributed by atoms with Crippen molar-refractivity contribution in [1.82, 2.24) is 15.0 Å². The fraction of sp³-hybridized carbons (Fsp3) is 0.211. The van der Waals surface area contributed by atoms with E-state index >= 15 is 0 Å². The Hall–Kier alpha value is -3.35. The number of hydrogen-bond donors (Lipinski definition) is 1. The summed E-state index contributed by atoms with van der Waals surface area (Å²) in [4.78, 5) is 20.8. The Kier molecular flexibility index (Phi) is 4.51. The van der Waals surface area contributed by atoms with Crippen molar-refractivity contribution < 1.29 is 9.32 Å². The molecule has 1 aliphatic heterocycles. The van der Waals surface area contributed by atoms with E-state index in [1.54, 1.807) is 17.2 Å². The number of carbonyl (C=O) groups excluding carboxylic acids is 1. The molecule has 2 amide bonds. The van der Waals surface area contributed by atoms with Crippen LogP contribution in [0.15, 0.2) is 65.3 Å². The van der Waals surface area contributed by atoms with Gasteiger partial charge in [0.2, 0.25) is 0 Å². The third-order valence-electron chi connectivity index (χ3n) is 4.34. The summed E-state index contributed by atoms with van der Waals surface area (Å²) < 4.78 is 5.31. The summed E-state index contributed by atoms with van der Waals surface area (Å²) in [5.41, 5.74) is 0.921. The van der Waals surface area contributed by atoms with Gasteiger partial charge in [-0.1, -0.05) is 41.6 Å². The van der Waals surface area contributed by atoms with Crippen LogP contribution in [-0.2, 0) is 0 Å². The van der Waals surface area contributed by atoms with E-state index in [2.05, 4.69) is 20.4 Å². The highest BCUT2D eigenvalue weighted by atomic mass is 16.5. The number of pyridine rings is 1. The molecule has 1 saturated heterocycles. The van der Waals surface area contributed by atoms with E-state index < -0.39 is 0 Å². The zero-order valence-corrected chi connectivity index (χ0v) is 14.2. The first kappa shape index (κ1) is 16.1. The van der Waals surface area contributed by atoms with Gasteiger partial charge in [0.15, 0.2) is 11.6 Å². The van der Waals surface area contributed by atoms with Gasteiger partial charge in [0.05, 0.1) is 0 Å². The van der Waals surface area contributed by atoms with Gasteiger partial charge in [-0.2, -0.15) is 0 Å². The van der Waals surface area contributed by atoms with Gasteiger partial charge < -0.3 is 14.3 Å². The standard InChI is InChI=1S/C19H19N5O2/c25-19(21-17-14-16(26-22-17)15-6-2-1-3-7-15)24-12-10-23(11-13-24)18-8-4-5-9-20-18/h1-9,14H,10-13H2,(H,21,22,25). The molecule has 0 unspecified atom stereocenters. The second-order valence-corrected chi connectivity index (χ2v) is 6.03. The maximum Gasteiger partial charge on any atom is 0.323 e. The van der Waals surface area contributed by atoms with Crippen molar-refractivity contribution in [2.45, 2.75) is 0 Å². The minimum atomic E-state index is -0.168. The van der Waals surface area contributed by atoms with Crippen LogP contribution in [0.5, 0.6) is 0 Å². The van der Waals surface area contributed by atoms with Gasteiger partial charge in [-0.15, -0.1) is 0 Å². The van der Waals surface area contributed by atoms with E-state index in [9.17, 15) is 4.79 Å². The molecular weight excluding hydrogens is 330 g/mol.